The lowest BCUT2D eigenvalue weighted by Crippen LogP contribution is -2.49. The Morgan fingerprint density at radius 2 is 1.57 bits per heavy atom. The van der Waals surface area contributed by atoms with E-state index in [0.717, 1.165) is 50.1 Å². The van der Waals surface area contributed by atoms with Crippen LogP contribution in [0.5, 0.6) is 0 Å². The van der Waals surface area contributed by atoms with E-state index in [0.29, 0.717) is 30.0 Å². The molecule has 37 heavy (non-hydrogen) atoms. The molecule has 1 aliphatic carbocycles. The predicted molar refractivity (Wildman–Crippen MR) is 148 cm³/mol. The number of para-hydroxylation sites is 2. The van der Waals surface area contributed by atoms with Gasteiger partial charge in [-0.1, -0.05) is 42.5 Å². The topological polar surface area (TPSA) is 41.4 Å². The maximum atomic E-state index is 12.8. The van der Waals surface area contributed by atoms with Crippen LogP contribution in [0.2, 0.25) is 0 Å². The Morgan fingerprint density at radius 1 is 0.892 bits per heavy atom. The van der Waals surface area contributed by atoms with Crippen LogP contribution < -0.4 is 0 Å². The van der Waals surface area contributed by atoms with Gasteiger partial charge in [0.15, 0.2) is 0 Å². The van der Waals surface area contributed by atoms with Crippen molar-refractivity contribution in [2.45, 2.75) is 88.3 Å². The highest BCUT2D eigenvalue weighted by atomic mass is 16.2. The number of nitrogens with zero attached hydrogens (tertiary/aromatic N) is 4. The van der Waals surface area contributed by atoms with Gasteiger partial charge in [-0.15, -0.1) is 0 Å². The van der Waals surface area contributed by atoms with Crippen LogP contribution >= 0.6 is 0 Å². The first-order chi connectivity index (χ1) is 18.1. The first-order valence-electron chi connectivity index (χ1n) is 14.6. The van der Waals surface area contributed by atoms with Crippen molar-refractivity contribution in [3.8, 4) is 0 Å². The molecule has 2 bridgehead atoms. The smallest absolute Gasteiger partial charge is 0.225 e. The number of hydrogen-bond acceptors (Lipinski definition) is 3. The van der Waals surface area contributed by atoms with Gasteiger partial charge in [0.25, 0.3) is 0 Å². The van der Waals surface area contributed by atoms with E-state index in [1.807, 2.05) is 0 Å². The second-order valence-corrected chi connectivity index (χ2v) is 12.3. The molecule has 3 aliphatic heterocycles. The zero-order valence-corrected chi connectivity index (χ0v) is 22.2. The summed E-state index contributed by atoms with van der Waals surface area (Å²) in [5, 5.41) is 0. The number of hydrogen-bond donors (Lipinski definition) is 0. The Morgan fingerprint density at radius 3 is 2.27 bits per heavy atom. The molecule has 0 N–H and O–H groups in total. The number of amides is 1. The van der Waals surface area contributed by atoms with E-state index in [-0.39, 0.29) is 5.41 Å². The van der Waals surface area contributed by atoms with Gasteiger partial charge in [0.05, 0.1) is 11.0 Å². The summed E-state index contributed by atoms with van der Waals surface area (Å²) in [4.78, 5) is 22.7. The highest BCUT2D eigenvalue weighted by molar-refractivity contribution is 5.81. The fraction of sp³-hybridized carbons (Fsp3) is 0.562. The second-order valence-electron chi connectivity index (χ2n) is 12.3. The summed E-state index contributed by atoms with van der Waals surface area (Å²) in [6.45, 7) is 5.20. The van der Waals surface area contributed by atoms with Crippen LogP contribution in [-0.2, 0) is 10.2 Å². The first kappa shape index (κ1) is 23.5. The van der Waals surface area contributed by atoms with Gasteiger partial charge in [-0.25, -0.2) is 4.98 Å². The van der Waals surface area contributed by atoms with Crippen LogP contribution in [0.25, 0.3) is 11.0 Å². The Kier molecular flexibility index (Phi) is 5.88. The van der Waals surface area contributed by atoms with Gasteiger partial charge in [-0.3, -0.25) is 9.69 Å². The number of benzene rings is 2. The van der Waals surface area contributed by atoms with E-state index in [4.69, 9.17) is 4.98 Å². The van der Waals surface area contributed by atoms with Crippen LogP contribution in [0.3, 0.4) is 0 Å². The van der Waals surface area contributed by atoms with E-state index in [1.165, 1.54) is 49.7 Å². The van der Waals surface area contributed by atoms with Crippen LogP contribution in [0.1, 0.15) is 75.2 Å². The van der Waals surface area contributed by atoms with Crippen LogP contribution in [0.15, 0.2) is 54.6 Å². The Balaban J connectivity index is 1.07. The lowest BCUT2D eigenvalue weighted by Gasteiger charge is -2.45. The molecule has 5 nitrogen and oxygen atoms in total. The van der Waals surface area contributed by atoms with Gasteiger partial charge < -0.3 is 9.47 Å². The molecule has 0 unspecified atom stereocenters. The first-order valence-corrected chi connectivity index (χ1v) is 14.6. The fourth-order valence-corrected chi connectivity index (χ4v) is 8.01. The van der Waals surface area contributed by atoms with E-state index in [9.17, 15) is 4.79 Å². The summed E-state index contributed by atoms with van der Waals surface area (Å²) in [6.07, 6.45) is 10.7. The van der Waals surface area contributed by atoms with Crippen molar-refractivity contribution in [2.75, 3.05) is 19.6 Å². The van der Waals surface area contributed by atoms with E-state index >= 15 is 0 Å². The molecule has 7 rings (SSSR count). The van der Waals surface area contributed by atoms with Gasteiger partial charge in [0.1, 0.15) is 5.82 Å². The average molecular weight is 497 g/mol. The summed E-state index contributed by atoms with van der Waals surface area (Å²) in [6, 6.07) is 21.8. The molecule has 1 saturated carbocycles. The molecular formula is C32H40N4O. The molecule has 4 fully saturated rings. The van der Waals surface area contributed by atoms with Crippen LogP contribution in [-0.4, -0.2) is 57.0 Å². The minimum Gasteiger partial charge on any atom is -0.342 e. The Labute approximate surface area is 220 Å². The molecule has 0 radical (unpaired) electrons. The van der Waals surface area contributed by atoms with Gasteiger partial charge >= 0.3 is 0 Å². The van der Waals surface area contributed by atoms with Crippen LogP contribution in [0.4, 0.5) is 0 Å². The van der Waals surface area contributed by atoms with Crippen molar-refractivity contribution in [3.05, 3.63) is 66.0 Å². The average Bonchev–Trinajstić information content (AvgIpc) is 3.68. The highest BCUT2D eigenvalue weighted by Gasteiger charge is 2.45. The van der Waals surface area contributed by atoms with Crippen molar-refractivity contribution in [1.82, 2.24) is 19.4 Å². The largest absolute Gasteiger partial charge is 0.342 e. The maximum Gasteiger partial charge on any atom is 0.225 e. The van der Waals surface area contributed by atoms with Crippen LogP contribution in [0, 0.1) is 12.8 Å². The van der Waals surface area contributed by atoms with Crippen molar-refractivity contribution in [3.63, 3.8) is 0 Å². The van der Waals surface area contributed by atoms with Gasteiger partial charge in [-0.2, -0.15) is 0 Å². The summed E-state index contributed by atoms with van der Waals surface area (Å²) in [5.41, 5.74) is 4.10. The predicted octanol–water partition coefficient (Wildman–Crippen LogP) is 5.87. The van der Waals surface area contributed by atoms with E-state index in [2.05, 4.69) is 75.9 Å². The molecule has 3 saturated heterocycles. The zero-order chi connectivity index (χ0) is 25.0. The molecule has 2 aromatic carbocycles. The standard InChI is InChI=1S/C32H40N4O/c1-23-33-29-9-5-6-10-30(29)36(23)28-21-26-13-14-27(22-28)35(26)20-17-32(25-7-3-2-4-8-25)15-18-34(19-16-32)31(37)24-11-12-24/h2-10,24,26-28H,11-22H2,1H3/t26-,27+,28-. The lowest BCUT2D eigenvalue weighted by atomic mass is 9.70. The summed E-state index contributed by atoms with van der Waals surface area (Å²) >= 11 is 0. The third-order valence-electron chi connectivity index (χ3n) is 10.2. The lowest BCUT2D eigenvalue weighted by molar-refractivity contribution is -0.134. The third-order valence-corrected chi connectivity index (χ3v) is 10.2. The molecule has 1 aromatic heterocycles. The highest BCUT2D eigenvalue weighted by Crippen LogP contribution is 2.45. The molecule has 0 spiro atoms. The second kappa shape index (κ2) is 9.27. The van der Waals surface area contributed by atoms with Crippen molar-refractivity contribution >= 4 is 16.9 Å². The number of likely N-dealkylation sites (tertiary alicyclic amines) is 1. The number of carbonyl (C=O) groups excluding carboxylic acids is 1. The molecule has 5 heteroatoms. The SMILES string of the molecule is Cc1nc2ccccc2n1[C@@H]1C[C@H]2CC[C@@H](C1)N2CCC1(c2ccccc2)CCN(C(=O)C2CC2)CC1. The number of fused-ring (bicyclic) bond motifs is 3. The number of imidazole rings is 1. The van der Waals surface area contributed by atoms with Crippen molar-refractivity contribution in [2.24, 2.45) is 5.92 Å². The minimum absolute atomic E-state index is 0.190. The van der Waals surface area contributed by atoms with Gasteiger partial charge in [-0.05, 0) is 94.4 Å². The number of rotatable bonds is 6. The Hall–Kier alpha value is -2.66. The monoisotopic (exact) mass is 496 g/mol. The normalized spacial score (nSPS) is 27.6. The molecular weight excluding hydrogens is 456 g/mol. The summed E-state index contributed by atoms with van der Waals surface area (Å²) < 4.78 is 2.54. The molecule has 4 heterocycles. The van der Waals surface area contributed by atoms with Gasteiger partial charge in [0, 0.05) is 37.1 Å². The van der Waals surface area contributed by atoms with E-state index in [1.54, 1.807) is 0 Å². The molecule has 4 aliphatic rings. The fourth-order valence-electron chi connectivity index (χ4n) is 8.01. The summed E-state index contributed by atoms with van der Waals surface area (Å²) in [5.74, 6) is 1.91. The number of aryl methyl sites for hydroxylation is 1. The zero-order valence-electron chi connectivity index (χ0n) is 22.2. The summed E-state index contributed by atoms with van der Waals surface area (Å²) in [7, 11) is 0. The maximum absolute atomic E-state index is 12.8. The Bertz CT molecular complexity index is 1260. The van der Waals surface area contributed by atoms with Gasteiger partial charge in [0.2, 0.25) is 5.91 Å². The molecule has 3 atom stereocenters. The molecule has 1 amide bonds. The molecule has 3 aromatic rings. The van der Waals surface area contributed by atoms with E-state index < -0.39 is 0 Å². The molecule has 194 valence electrons. The van der Waals surface area contributed by atoms with Crippen molar-refractivity contribution in [1.29, 1.82) is 0 Å². The minimum atomic E-state index is 0.190. The number of carbonyl (C=O) groups is 1. The third kappa shape index (κ3) is 4.20. The number of piperidine rings is 2. The quantitative estimate of drug-likeness (QED) is 0.428. The van der Waals surface area contributed by atoms with Crippen molar-refractivity contribution < 1.29 is 4.79 Å². The number of aromatic nitrogens is 2.